The Hall–Kier alpha value is -0.680. The molecule has 4 heteroatoms. The van der Waals surface area contributed by atoms with Crippen LogP contribution in [0.4, 0.5) is 0 Å². The highest BCUT2D eigenvalue weighted by Gasteiger charge is 2.16. The lowest BCUT2D eigenvalue weighted by Crippen LogP contribution is -2.13. The summed E-state index contributed by atoms with van der Waals surface area (Å²) in [7, 11) is 4.07. The van der Waals surface area contributed by atoms with Crippen molar-refractivity contribution in [3.05, 3.63) is 56.2 Å². The Balaban J connectivity index is 2.32. The number of nitrogens with zero attached hydrogens (tertiary/aromatic N) is 1. The average Bonchev–Trinajstić information content (AvgIpc) is 2.75. The van der Waals surface area contributed by atoms with E-state index in [0.29, 0.717) is 0 Å². The van der Waals surface area contributed by atoms with Gasteiger partial charge in [0.25, 0.3) is 0 Å². The first kappa shape index (κ1) is 13.7. The van der Waals surface area contributed by atoms with Crippen LogP contribution in [-0.4, -0.2) is 24.1 Å². The topological polar surface area (TPSA) is 23.5 Å². The molecule has 1 aromatic carbocycles. The minimum Gasteiger partial charge on any atom is -0.383 e. The molecular weight excluding hydrogens is 310 g/mol. The fourth-order valence-corrected chi connectivity index (χ4v) is 3.36. The lowest BCUT2D eigenvalue weighted by Gasteiger charge is -2.17. The van der Waals surface area contributed by atoms with E-state index in [0.717, 1.165) is 21.5 Å². The number of hydrogen-bond acceptors (Lipinski definition) is 3. The molecule has 0 fully saturated rings. The maximum atomic E-state index is 10.5. The van der Waals surface area contributed by atoms with Crippen LogP contribution >= 0.6 is 27.3 Å². The van der Waals surface area contributed by atoms with Crippen LogP contribution in [0.15, 0.2) is 40.2 Å². The number of thiophene rings is 1. The summed E-state index contributed by atoms with van der Waals surface area (Å²) in [4.78, 5) is 3.07. The monoisotopic (exact) mass is 325 g/mol. The third kappa shape index (κ3) is 3.20. The zero-order valence-electron chi connectivity index (χ0n) is 10.4. The quantitative estimate of drug-likeness (QED) is 0.927. The number of rotatable bonds is 4. The third-order valence-corrected chi connectivity index (χ3v) is 4.44. The molecule has 0 radical (unpaired) electrons. The van der Waals surface area contributed by atoms with E-state index >= 15 is 0 Å². The van der Waals surface area contributed by atoms with Gasteiger partial charge < -0.3 is 10.0 Å². The Morgan fingerprint density at radius 3 is 2.67 bits per heavy atom. The van der Waals surface area contributed by atoms with Crippen molar-refractivity contribution >= 4 is 27.3 Å². The fraction of sp³-hybridized carbons (Fsp3) is 0.286. The number of hydrogen-bond donors (Lipinski definition) is 1. The summed E-state index contributed by atoms with van der Waals surface area (Å²) in [6.07, 6.45) is -0.544. The van der Waals surface area contributed by atoms with E-state index in [1.54, 1.807) is 11.3 Å². The van der Waals surface area contributed by atoms with Crippen molar-refractivity contribution in [2.45, 2.75) is 12.6 Å². The van der Waals surface area contributed by atoms with Gasteiger partial charge in [0, 0.05) is 21.3 Å². The average molecular weight is 326 g/mol. The maximum Gasteiger partial charge on any atom is 0.114 e. The van der Waals surface area contributed by atoms with Crippen molar-refractivity contribution in [3.63, 3.8) is 0 Å². The lowest BCUT2D eigenvalue weighted by atomic mass is 10.0. The maximum absolute atomic E-state index is 10.5. The van der Waals surface area contributed by atoms with Crippen molar-refractivity contribution in [1.29, 1.82) is 0 Å². The lowest BCUT2D eigenvalue weighted by molar-refractivity contribution is 0.221. The van der Waals surface area contributed by atoms with Crippen molar-refractivity contribution in [2.75, 3.05) is 14.1 Å². The predicted molar refractivity (Wildman–Crippen MR) is 79.9 cm³/mol. The third-order valence-electron chi connectivity index (χ3n) is 2.69. The van der Waals surface area contributed by atoms with Crippen LogP contribution in [0.3, 0.4) is 0 Å². The Kier molecular flexibility index (Phi) is 4.56. The van der Waals surface area contributed by atoms with Gasteiger partial charge in [-0.25, -0.2) is 0 Å². The molecule has 2 nitrogen and oxygen atoms in total. The Labute approximate surface area is 120 Å². The highest BCUT2D eigenvalue weighted by Crippen LogP contribution is 2.31. The predicted octanol–water partition coefficient (Wildman–Crippen LogP) is 3.65. The standard InChI is InChI=1S/C14H16BrNOS/c1-16(2)8-10-5-3-4-6-12(10)14(17)13-7-11(15)9-18-13/h3-7,9,14,17H,8H2,1-2H3. The first-order valence-electron chi connectivity index (χ1n) is 5.72. The second-order valence-corrected chi connectivity index (χ2v) is 6.36. The van der Waals surface area contributed by atoms with E-state index in [1.807, 2.05) is 43.7 Å². The molecule has 1 unspecified atom stereocenters. The zero-order valence-corrected chi connectivity index (χ0v) is 12.8. The van der Waals surface area contributed by atoms with E-state index in [4.69, 9.17) is 0 Å². The molecule has 0 aliphatic carbocycles. The van der Waals surface area contributed by atoms with E-state index in [9.17, 15) is 5.11 Å². The Morgan fingerprint density at radius 2 is 2.06 bits per heavy atom. The summed E-state index contributed by atoms with van der Waals surface area (Å²) in [5.41, 5.74) is 2.15. The number of benzene rings is 1. The second kappa shape index (κ2) is 5.97. The van der Waals surface area contributed by atoms with Gasteiger partial charge in [-0.15, -0.1) is 11.3 Å². The van der Waals surface area contributed by atoms with Crippen LogP contribution in [0, 0.1) is 0 Å². The summed E-state index contributed by atoms with van der Waals surface area (Å²) in [5, 5.41) is 12.5. The summed E-state index contributed by atoms with van der Waals surface area (Å²) in [6.45, 7) is 0.833. The normalized spacial score (nSPS) is 12.9. The fourth-order valence-electron chi connectivity index (χ4n) is 1.91. The van der Waals surface area contributed by atoms with Gasteiger partial charge in [0.05, 0.1) is 0 Å². The number of aliphatic hydroxyl groups excluding tert-OH is 1. The van der Waals surface area contributed by atoms with Crippen molar-refractivity contribution in [2.24, 2.45) is 0 Å². The van der Waals surface area contributed by atoms with Crippen LogP contribution < -0.4 is 0 Å². The van der Waals surface area contributed by atoms with Crippen molar-refractivity contribution < 1.29 is 5.11 Å². The molecule has 0 spiro atoms. The summed E-state index contributed by atoms with van der Waals surface area (Å²) in [6, 6.07) is 10.0. The Morgan fingerprint density at radius 1 is 1.33 bits per heavy atom. The van der Waals surface area contributed by atoms with Gasteiger partial charge in [-0.3, -0.25) is 0 Å². The van der Waals surface area contributed by atoms with Crippen molar-refractivity contribution in [3.8, 4) is 0 Å². The molecule has 0 saturated heterocycles. The summed E-state index contributed by atoms with van der Waals surface area (Å²) >= 11 is 4.99. The van der Waals surface area contributed by atoms with Crippen LogP contribution in [0.5, 0.6) is 0 Å². The van der Waals surface area contributed by atoms with Crippen LogP contribution in [0.1, 0.15) is 22.1 Å². The molecule has 0 aliphatic rings. The zero-order chi connectivity index (χ0) is 13.1. The highest BCUT2D eigenvalue weighted by molar-refractivity contribution is 9.10. The van der Waals surface area contributed by atoms with Crippen LogP contribution in [0.25, 0.3) is 0 Å². The molecule has 2 aromatic rings. The van der Waals surface area contributed by atoms with Crippen molar-refractivity contribution in [1.82, 2.24) is 4.90 Å². The van der Waals surface area contributed by atoms with E-state index in [1.165, 1.54) is 5.56 Å². The molecule has 2 rings (SSSR count). The second-order valence-electron chi connectivity index (χ2n) is 4.51. The molecule has 96 valence electrons. The smallest absolute Gasteiger partial charge is 0.114 e. The van der Waals surface area contributed by atoms with E-state index < -0.39 is 6.10 Å². The van der Waals surface area contributed by atoms with Crippen LogP contribution in [-0.2, 0) is 6.54 Å². The highest BCUT2D eigenvalue weighted by atomic mass is 79.9. The molecule has 0 amide bonds. The number of aliphatic hydroxyl groups is 1. The number of halogens is 1. The molecule has 0 saturated carbocycles. The van der Waals surface area contributed by atoms with Gasteiger partial charge in [0.15, 0.2) is 0 Å². The molecule has 0 aliphatic heterocycles. The molecular formula is C14H16BrNOS. The minimum absolute atomic E-state index is 0.544. The first-order chi connectivity index (χ1) is 8.58. The van der Waals surface area contributed by atoms with Gasteiger partial charge in [-0.2, -0.15) is 0 Å². The summed E-state index contributed by atoms with van der Waals surface area (Å²) in [5.74, 6) is 0. The van der Waals surface area contributed by atoms with Gasteiger partial charge in [0.2, 0.25) is 0 Å². The van der Waals surface area contributed by atoms with Gasteiger partial charge in [0.1, 0.15) is 6.10 Å². The van der Waals surface area contributed by atoms with Gasteiger partial charge in [-0.1, -0.05) is 24.3 Å². The molecule has 1 N–H and O–H groups in total. The molecule has 1 heterocycles. The van der Waals surface area contributed by atoms with E-state index in [-0.39, 0.29) is 0 Å². The van der Waals surface area contributed by atoms with E-state index in [2.05, 4.69) is 26.9 Å². The molecule has 1 atom stereocenters. The van der Waals surface area contributed by atoms with Gasteiger partial charge in [-0.05, 0) is 47.2 Å². The summed E-state index contributed by atoms with van der Waals surface area (Å²) < 4.78 is 1.02. The minimum atomic E-state index is -0.544. The SMILES string of the molecule is CN(C)Cc1ccccc1C(O)c1cc(Br)cs1. The van der Waals surface area contributed by atoms with Crippen LogP contribution in [0.2, 0.25) is 0 Å². The molecule has 0 bridgehead atoms. The molecule has 1 aromatic heterocycles. The Bertz CT molecular complexity index is 524. The largest absolute Gasteiger partial charge is 0.383 e. The first-order valence-corrected chi connectivity index (χ1v) is 7.39. The van der Waals surface area contributed by atoms with Gasteiger partial charge >= 0.3 is 0 Å². The molecule has 18 heavy (non-hydrogen) atoms.